The third-order valence-corrected chi connectivity index (χ3v) is 4.70. The summed E-state index contributed by atoms with van der Waals surface area (Å²) in [7, 11) is 0. The average molecular weight is 289 g/mol. The summed E-state index contributed by atoms with van der Waals surface area (Å²) in [5.74, 6) is 0.208. The molecule has 1 saturated heterocycles. The lowest BCUT2D eigenvalue weighted by Gasteiger charge is -2.18. The first kappa shape index (κ1) is 13.5. The maximum Gasteiger partial charge on any atom is 0.236 e. The van der Waals surface area contributed by atoms with Crippen LogP contribution >= 0.6 is 11.3 Å². The monoisotopic (exact) mass is 289 g/mol. The van der Waals surface area contributed by atoms with Crippen LogP contribution in [0.15, 0.2) is 23.7 Å². The highest BCUT2D eigenvalue weighted by Crippen LogP contribution is 2.22. The van der Waals surface area contributed by atoms with E-state index in [1.54, 1.807) is 11.3 Å². The molecule has 5 heteroatoms. The number of hydrogen-bond acceptors (Lipinski definition) is 4. The zero-order chi connectivity index (χ0) is 13.9. The molecule has 1 atom stereocenters. The fourth-order valence-electron chi connectivity index (χ4n) is 2.54. The van der Waals surface area contributed by atoms with Crippen molar-refractivity contribution in [3.8, 4) is 0 Å². The summed E-state index contributed by atoms with van der Waals surface area (Å²) in [5.41, 5.74) is 2.17. The van der Waals surface area contributed by atoms with Crippen molar-refractivity contribution in [1.29, 1.82) is 0 Å². The van der Waals surface area contributed by atoms with Crippen molar-refractivity contribution in [3.05, 3.63) is 29.3 Å². The molecule has 106 valence electrons. The fourth-order valence-corrected chi connectivity index (χ4v) is 3.32. The largest absolute Gasteiger partial charge is 0.342 e. The van der Waals surface area contributed by atoms with Crippen LogP contribution in [0.5, 0.6) is 0 Å². The van der Waals surface area contributed by atoms with Crippen molar-refractivity contribution < 1.29 is 4.79 Å². The van der Waals surface area contributed by atoms with Crippen molar-refractivity contribution >= 4 is 27.5 Å². The first-order valence-corrected chi connectivity index (χ1v) is 7.96. The number of nitrogens with one attached hydrogen (secondary N) is 1. The van der Waals surface area contributed by atoms with Crippen LogP contribution in [0.2, 0.25) is 0 Å². The lowest BCUT2D eigenvalue weighted by Crippen LogP contribution is -2.37. The van der Waals surface area contributed by atoms with E-state index in [9.17, 15) is 4.79 Å². The zero-order valence-corrected chi connectivity index (χ0v) is 12.4. The van der Waals surface area contributed by atoms with Gasteiger partial charge in [0.2, 0.25) is 5.91 Å². The second kappa shape index (κ2) is 5.89. The normalized spacial score (nSPS) is 16.8. The van der Waals surface area contributed by atoms with E-state index in [2.05, 4.69) is 28.7 Å². The lowest BCUT2D eigenvalue weighted by atomic mass is 10.1. The molecular weight excluding hydrogens is 270 g/mol. The van der Waals surface area contributed by atoms with Gasteiger partial charge in [-0.1, -0.05) is 0 Å². The molecule has 0 aliphatic carbocycles. The van der Waals surface area contributed by atoms with E-state index in [-0.39, 0.29) is 11.9 Å². The minimum Gasteiger partial charge on any atom is -0.342 e. The summed E-state index contributed by atoms with van der Waals surface area (Å²) in [6, 6.07) is 4.32. The van der Waals surface area contributed by atoms with Crippen LogP contribution in [0.1, 0.15) is 31.4 Å². The topological polar surface area (TPSA) is 45.2 Å². The van der Waals surface area contributed by atoms with Gasteiger partial charge in [-0.15, -0.1) is 11.3 Å². The molecule has 3 rings (SSSR count). The van der Waals surface area contributed by atoms with Crippen LogP contribution in [-0.4, -0.2) is 35.4 Å². The van der Waals surface area contributed by atoms with Gasteiger partial charge in [0.25, 0.3) is 0 Å². The van der Waals surface area contributed by atoms with Gasteiger partial charge in [-0.3, -0.25) is 9.78 Å². The molecule has 3 heterocycles. The lowest BCUT2D eigenvalue weighted by molar-refractivity contribution is -0.129. The van der Waals surface area contributed by atoms with Crippen molar-refractivity contribution in [1.82, 2.24) is 15.2 Å². The van der Waals surface area contributed by atoms with Gasteiger partial charge in [0.1, 0.15) is 0 Å². The highest BCUT2D eigenvalue weighted by Gasteiger charge is 2.18. The SMILES string of the molecule is CC(NCC(=O)N1CCCC1)c1cnc2ccsc2c1. The fraction of sp³-hybridized carbons (Fsp3) is 0.467. The third kappa shape index (κ3) is 2.83. The van der Waals surface area contributed by atoms with E-state index in [1.165, 1.54) is 4.70 Å². The predicted molar refractivity (Wildman–Crippen MR) is 81.9 cm³/mol. The third-order valence-electron chi connectivity index (χ3n) is 3.84. The molecule has 0 spiro atoms. The summed E-state index contributed by atoms with van der Waals surface area (Å²) in [5, 5.41) is 5.36. The number of carbonyl (C=O) groups excluding carboxylic acids is 1. The van der Waals surface area contributed by atoms with Gasteiger partial charge in [-0.25, -0.2) is 0 Å². The predicted octanol–water partition coefficient (Wildman–Crippen LogP) is 2.57. The Morgan fingerprint density at radius 2 is 2.30 bits per heavy atom. The van der Waals surface area contributed by atoms with Crippen LogP contribution < -0.4 is 5.32 Å². The molecule has 1 amide bonds. The van der Waals surface area contributed by atoms with E-state index >= 15 is 0 Å². The van der Waals surface area contributed by atoms with Gasteiger partial charge >= 0.3 is 0 Å². The van der Waals surface area contributed by atoms with Crippen LogP contribution in [0.3, 0.4) is 0 Å². The standard InChI is InChI=1S/C15H19N3OS/c1-11(16-10-15(19)18-5-2-3-6-18)12-8-14-13(17-9-12)4-7-20-14/h4,7-9,11,16H,2-3,5-6,10H2,1H3. The van der Waals surface area contributed by atoms with E-state index < -0.39 is 0 Å². The Morgan fingerprint density at radius 1 is 1.50 bits per heavy atom. The summed E-state index contributed by atoms with van der Waals surface area (Å²) in [6.07, 6.45) is 4.17. The van der Waals surface area contributed by atoms with Crippen LogP contribution in [-0.2, 0) is 4.79 Å². The zero-order valence-electron chi connectivity index (χ0n) is 11.6. The molecule has 2 aromatic heterocycles. The maximum absolute atomic E-state index is 12.0. The molecule has 1 fully saturated rings. The van der Waals surface area contributed by atoms with Crippen molar-refractivity contribution in [2.75, 3.05) is 19.6 Å². The molecular formula is C15H19N3OS. The van der Waals surface area contributed by atoms with Crippen molar-refractivity contribution in [3.63, 3.8) is 0 Å². The molecule has 2 aromatic rings. The summed E-state index contributed by atoms with van der Waals surface area (Å²) in [6.45, 7) is 4.31. The Balaban J connectivity index is 1.60. The van der Waals surface area contributed by atoms with Gasteiger partial charge in [0.05, 0.1) is 16.8 Å². The highest BCUT2D eigenvalue weighted by atomic mass is 32.1. The van der Waals surface area contributed by atoms with Crippen LogP contribution in [0, 0.1) is 0 Å². The molecule has 1 unspecified atom stereocenters. The van der Waals surface area contributed by atoms with Gasteiger partial charge in [-0.05, 0) is 42.8 Å². The van der Waals surface area contributed by atoms with Gasteiger partial charge in [0, 0.05) is 25.3 Å². The second-order valence-electron chi connectivity index (χ2n) is 5.26. The summed E-state index contributed by atoms with van der Waals surface area (Å²) < 4.78 is 1.20. The molecule has 1 N–H and O–H groups in total. The van der Waals surface area contributed by atoms with Gasteiger partial charge in [-0.2, -0.15) is 0 Å². The van der Waals surface area contributed by atoms with Crippen LogP contribution in [0.4, 0.5) is 0 Å². The Morgan fingerprint density at radius 3 is 3.10 bits per heavy atom. The highest BCUT2D eigenvalue weighted by molar-refractivity contribution is 7.17. The Kier molecular flexibility index (Phi) is 3.98. The number of fused-ring (bicyclic) bond motifs is 1. The summed E-state index contributed by atoms with van der Waals surface area (Å²) >= 11 is 1.70. The molecule has 0 radical (unpaired) electrons. The summed E-state index contributed by atoms with van der Waals surface area (Å²) in [4.78, 5) is 18.4. The molecule has 0 aromatic carbocycles. The molecule has 1 aliphatic rings. The number of thiophene rings is 1. The maximum atomic E-state index is 12.0. The number of aromatic nitrogens is 1. The van der Waals surface area contributed by atoms with E-state index in [1.807, 2.05) is 17.2 Å². The molecule has 20 heavy (non-hydrogen) atoms. The Bertz CT molecular complexity index is 604. The molecule has 0 saturated carbocycles. The number of hydrogen-bond donors (Lipinski definition) is 1. The van der Waals surface area contributed by atoms with Crippen molar-refractivity contribution in [2.45, 2.75) is 25.8 Å². The number of amides is 1. The molecule has 0 bridgehead atoms. The van der Waals surface area contributed by atoms with E-state index in [0.717, 1.165) is 37.0 Å². The average Bonchev–Trinajstić information content (AvgIpc) is 3.13. The first-order valence-electron chi connectivity index (χ1n) is 7.08. The van der Waals surface area contributed by atoms with E-state index in [0.29, 0.717) is 6.54 Å². The Labute approximate surface area is 122 Å². The van der Waals surface area contributed by atoms with Gasteiger partial charge in [0.15, 0.2) is 0 Å². The number of pyridine rings is 1. The minimum atomic E-state index is 0.139. The number of carbonyl (C=O) groups is 1. The van der Waals surface area contributed by atoms with Crippen LogP contribution in [0.25, 0.3) is 10.2 Å². The number of likely N-dealkylation sites (tertiary alicyclic amines) is 1. The molecule has 4 nitrogen and oxygen atoms in total. The van der Waals surface area contributed by atoms with Gasteiger partial charge < -0.3 is 10.2 Å². The number of nitrogens with zero attached hydrogens (tertiary/aromatic N) is 2. The smallest absolute Gasteiger partial charge is 0.236 e. The molecule has 1 aliphatic heterocycles. The number of rotatable bonds is 4. The minimum absolute atomic E-state index is 0.139. The second-order valence-corrected chi connectivity index (χ2v) is 6.21. The van der Waals surface area contributed by atoms with E-state index in [4.69, 9.17) is 0 Å². The quantitative estimate of drug-likeness (QED) is 0.941. The van der Waals surface area contributed by atoms with Crippen molar-refractivity contribution in [2.24, 2.45) is 0 Å². The Hall–Kier alpha value is -1.46. The first-order chi connectivity index (χ1) is 9.74.